The Bertz CT molecular complexity index is 5590. The summed E-state index contributed by atoms with van der Waals surface area (Å²) in [5.74, 6) is 4.73. The van der Waals surface area contributed by atoms with Crippen molar-refractivity contribution in [3.8, 4) is 130 Å². The van der Waals surface area contributed by atoms with Crippen LogP contribution in [-0.4, -0.2) is 112 Å². The number of aliphatic hydroxyl groups is 6. The summed E-state index contributed by atoms with van der Waals surface area (Å²) < 4.78 is 6.34. The third-order valence-electron chi connectivity index (χ3n) is 19.4. The molecule has 17 rings (SSSR count). The molecular weight excluding hydrogens is 2060 g/mol. The second-order valence-electron chi connectivity index (χ2n) is 29.5. The molecule has 3 heterocycles. The second-order valence-corrected chi connectivity index (χ2v) is 29.5. The quantitative estimate of drug-likeness (QED) is 0.0393. The number of rotatable bonds is 20. The number of benzene rings is 14. The molecule has 123 heavy (non-hydrogen) atoms. The summed E-state index contributed by atoms with van der Waals surface area (Å²) in [7, 11) is 0. The maximum atomic E-state index is 8.56. The third kappa shape index (κ3) is 27.0. The van der Waals surface area contributed by atoms with Gasteiger partial charge < -0.3 is 44.3 Å². The summed E-state index contributed by atoms with van der Waals surface area (Å²) in [5, 5.41) is 81.3. The summed E-state index contributed by atoms with van der Waals surface area (Å²) in [6.07, 6.45) is 0.165. The maximum absolute atomic E-state index is 8.56. The topological polar surface area (TPSA) is 214 Å². The number of aliphatic hydroxyl groups excluding tert-OH is 6. The molecule has 631 valence electrons. The largest absolute Gasteiger partial charge is 0.393 e. The molecule has 6 atom stereocenters. The van der Waals surface area contributed by atoms with Gasteiger partial charge in [0.15, 0.2) is 17.5 Å². The van der Waals surface area contributed by atoms with Crippen LogP contribution in [0.1, 0.15) is 73.3 Å². The van der Waals surface area contributed by atoms with Gasteiger partial charge in [-0.2, -0.15) is 15.3 Å². The van der Waals surface area contributed by atoms with E-state index >= 15 is 0 Å². The molecule has 15 nitrogen and oxygen atoms in total. The molecule has 0 bridgehead atoms. The van der Waals surface area contributed by atoms with Crippen LogP contribution in [0.15, 0.2) is 358 Å². The van der Waals surface area contributed by atoms with E-state index in [2.05, 4.69) is 318 Å². The molecule has 18 heteroatoms. The van der Waals surface area contributed by atoms with Crippen molar-refractivity contribution >= 4 is 10.8 Å². The molecule has 0 aliphatic rings. The van der Waals surface area contributed by atoms with E-state index in [4.69, 9.17) is 30.6 Å². The van der Waals surface area contributed by atoms with Gasteiger partial charge in [0, 0.05) is 94.1 Å². The number of hydrogen-bond donors (Lipinski definition) is 6. The Kier molecular flexibility index (Phi) is 37.5. The van der Waals surface area contributed by atoms with E-state index in [1.165, 1.54) is 49.7 Å². The van der Waals surface area contributed by atoms with Gasteiger partial charge >= 0.3 is 0 Å². The third-order valence-corrected chi connectivity index (χ3v) is 19.4. The average Bonchev–Trinajstić information content (AvgIpc) is 1.66. The molecule has 0 spiro atoms. The smallest absolute Gasteiger partial charge is 0.159 e. The molecule has 0 fully saturated rings. The zero-order valence-electron chi connectivity index (χ0n) is 69.6. The van der Waals surface area contributed by atoms with Gasteiger partial charge in [-0.3, -0.25) is 0 Å². The van der Waals surface area contributed by atoms with Crippen LogP contribution in [0.2, 0.25) is 0 Å². The SMILES string of the molecule is CC(O)CC(C)O.CC(O)CC(C)O.CC(O)CC(C)O.CCc1ccc(-n2c(-c3[c-]cc(-c4ccccc4)cc3)nnc2-c2ccc(-c3ccccc3)cc2)cc1.[Ir].[Ir].[Ir].[c-]1cc(-c2ccccc2)ccc1-c1nnc(-c2ccc(-c3ccccc3)cc2)n1-c1ccccc1.[c-]1ccccc1-c1nnc(-c2ccccc2)n1-c1ccc2ccccc2c1. The number of hydrogen-bond acceptors (Lipinski definition) is 12. The molecule has 0 saturated carbocycles. The van der Waals surface area contributed by atoms with Crippen molar-refractivity contribution in [2.45, 2.75) is 111 Å². The van der Waals surface area contributed by atoms with Crippen LogP contribution >= 0.6 is 0 Å². The predicted molar refractivity (Wildman–Crippen MR) is 486 cm³/mol. The maximum Gasteiger partial charge on any atom is 0.159 e. The van der Waals surface area contributed by atoms with Crippen molar-refractivity contribution < 1.29 is 91.0 Å². The van der Waals surface area contributed by atoms with Gasteiger partial charge in [0.2, 0.25) is 0 Å². The van der Waals surface area contributed by atoms with Crippen LogP contribution < -0.4 is 0 Å². The van der Waals surface area contributed by atoms with Crippen molar-refractivity contribution in [3.05, 3.63) is 382 Å². The Morgan fingerprint density at radius 2 is 0.512 bits per heavy atom. The Labute approximate surface area is 762 Å². The van der Waals surface area contributed by atoms with E-state index in [1.54, 1.807) is 41.5 Å². The molecule has 0 amide bonds. The number of para-hydroxylation sites is 1. The summed E-state index contributed by atoms with van der Waals surface area (Å²) in [5.41, 5.74) is 19.4. The molecule has 0 aliphatic carbocycles. The van der Waals surface area contributed by atoms with Gasteiger partial charge in [0.25, 0.3) is 0 Å². The van der Waals surface area contributed by atoms with Gasteiger partial charge in [-0.1, -0.05) is 290 Å². The molecule has 3 aromatic heterocycles. The fraction of sp³-hybridized carbons (Fsp3) is 0.162. The molecule has 0 aliphatic heterocycles. The molecule has 14 aromatic carbocycles. The first-order valence-corrected chi connectivity index (χ1v) is 40.5. The Morgan fingerprint density at radius 3 is 0.846 bits per heavy atom. The van der Waals surface area contributed by atoms with Crippen molar-refractivity contribution in [1.82, 2.24) is 44.3 Å². The normalized spacial score (nSPS) is 12.0. The molecule has 0 saturated heterocycles. The summed E-state index contributed by atoms with van der Waals surface area (Å²) in [4.78, 5) is 0. The number of nitrogens with zero attached hydrogens (tertiary/aromatic N) is 9. The van der Waals surface area contributed by atoms with Crippen LogP contribution in [0.25, 0.3) is 141 Å². The van der Waals surface area contributed by atoms with Crippen molar-refractivity contribution in [2.75, 3.05) is 0 Å². The molecule has 3 radical (unpaired) electrons. The Balaban J connectivity index is 0.000000186. The van der Waals surface area contributed by atoms with Crippen LogP contribution in [0.5, 0.6) is 0 Å². The number of fused-ring (bicyclic) bond motifs is 1. The van der Waals surface area contributed by atoms with Gasteiger partial charge in [-0.05, 0) is 142 Å². The zero-order valence-corrected chi connectivity index (χ0v) is 76.7. The van der Waals surface area contributed by atoms with E-state index in [-0.39, 0.29) is 96.9 Å². The minimum Gasteiger partial charge on any atom is -0.393 e. The van der Waals surface area contributed by atoms with E-state index in [0.29, 0.717) is 19.3 Å². The predicted octanol–water partition coefficient (Wildman–Crippen LogP) is 22.0. The minimum absolute atomic E-state index is 0. The van der Waals surface area contributed by atoms with Gasteiger partial charge in [-0.25, -0.2) is 0 Å². The monoisotopic (exact) mass is 2160 g/mol. The van der Waals surface area contributed by atoms with Crippen LogP contribution in [0.4, 0.5) is 0 Å². The summed E-state index contributed by atoms with van der Waals surface area (Å²) in [6.45, 7) is 12.1. The first kappa shape index (κ1) is 95.3. The van der Waals surface area contributed by atoms with Gasteiger partial charge in [0.1, 0.15) is 0 Å². The standard InChI is InChI=1S/C34H26N3.C32H22N3.C24H16N3.3C5H12O2.3Ir/c1-2-25-13-23-32(24-14-25)37-33(30-19-15-28(16-20-30)26-9-5-3-6-10-26)35-36-34(37)31-21-17-29(18-22-31)27-11-7-4-8-12-27;1-4-10-24(11-5-1)26-16-20-28(21-17-26)31-33-34-32(35(31)30-14-8-3-9-15-30)29-22-18-27(19-23-29)25-12-6-2-7-13-25;1-3-10-19(11-4-1)23-25-26-24(20-12-5-2-6-13-20)27(23)22-16-15-18-9-7-8-14-21(18)17-22;3*1-4(6)3-5(2)7;;;/h3-21,23-24H,2H2,1H3;1-22H;1-12,14-17H;3*4-7H,3H2,1-2H3;;;/q3*-1;;;;;;. The second kappa shape index (κ2) is 48.3. The van der Waals surface area contributed by atoms with E-state index < -0.39 is 0 Å². The van der Waals surface area contributed by atoms with Crippen LogP contribution in [0.3, 0.4) is 0 Å². The Hall–Kier alpha value is -11.5. The van der Waals surface area contributed by atoms with Crippen molar-refractivity contribution in [1.29, 1.82) is 0 Å². The van der Waals surface area contributed by atoms with Crippen molar-refractivity contribution in [3.63, 3.8) is 0 Å². The number of aryl methyl sites for hydroxylation is 1. The summed E-state index contributed by atoms with van der Waals surface area (Å²) in [6, 6.07) is 133. The molecule has 6 N–H and O–H groups in total. The fourth-order valence-corrected chi connectivity index (χ4v) is 13.7. The number of aromatic nitrogens is 9. The summed E-state index contributed by atoms with van der Waals surface area (Å²) >= 11 is 0. The van der Waals surface area contributed by atoms with Gasteiger partial charge in [-0.15, -0.1) is 111 Å². The van der Waals surface area contributed by atoms with Crippen LogP contribution in [0, 0.1) is 18.2 Å². The first-order valence-electron chi connectivity index (χ1n) is 40.5. The van der Waals surface area contributed by atoms with Crippen LogP contribution in [-0.2, 0) is 66.7 Å². The molecular formula is C105H100Ir3N9O6-3. The van der Waals surface area contributed by atoms with E-state index in [0.717, 1.165) is 103 Å². The van der Waals surface area contributed by atoms with E-state index in [9.17, 15) is 0 Å². The average molecular weight is 2160 g/mol. The first-order chi connectivity index (χ1) is 58.4. The minimum atomic E-state index is -0.375. The van der Waals surface area contributed by atoms with Crippen molar-refractivity contribution in [2.24, 2.45) is 0 Å². The zero-order chi connectivity index (χ0) is 84.1. The van der Waals surface area contributed by atoms with E-state index in [1.807, 2.05) is 109 Å². The molecule has 6 unspecified atom stereocenters. The van der Waals surface area contributed by atoms with Gasteiger partial charge in [0.05, 0.1) is 54.1 Å². The molecule has 17 aromatic rings. The Morgan fingerprint density at radius 1 is 0.244 bits per heavy atom. The fourth-order valence-electron chi connectivity index (χ4n) is 13.7.